The fourth-order valence-electron chi connectivity index (χ4n) is 2.79. The van der Waals surface area contributed by atoms with Gasteiger partial charge in [-0.1, -0.05) is 42.5 Å². The quantitative estimate of drug-likeness (QED) is 0.510. The summed E-state index contributed by atoms with van der Waals surface area (Å²) in [6.45, 7) is 0.0724. The first-order valence-corrected chi connectivity index (χ1v) is 8.43. The van der Waals surface area contributed by atoms with Crippen LogP contribution in [0.2, 0.25) is 0 Å². The molecule has 27 heavy (non-hydrogen) atoms. The number of hydrogen-bond acceptors (Lipinski definition) is 5. The van der Waals surface area contributed by atoms with Crippen molar-refractivity contribution < 1.29 is 14.0 Å². The van der Waals surface area contributed by atoms with E-state index >= 15 is 0 Å². The summed E-state index contributed by atoms with van der Waals surface area (Å²) in [6.07, 6.45) is 1.36. The fraction of sp³-hybridized carbons (Fsp3) is 0.150. The summed E-state index contributed by atoms with van der Waals surface area (Å²) in [5, 5.41) is 1.90. The predicted octanol–water partition coefficient (Wildman–Crippen LogP) is 2.73. The number of rotatable bonds is 5. The maximum atomic E-state index is 12.7. The number of furan rings is 1. The fourth-order valence-corrected chi connectivity index (χ4v) is 2.79. The molecule has 0 spiro atoms. The Hall–Kier alpha value is -3.45. The summed E-state index contributed by atoms with van der Waals surface area (Å²) < 4.78 is 6.84. The molecule has 0 aliphatic carbocycles. The van der Waals surface area contributed by atoms with E-state index in [0.29, 0.717) is 11.1 Å². The van der Waals surface area contributed by atoms with Crippen LogP contribution in [0.1, 0.15) is 5.56 Å². The third-order valence-corrected chi connectivity index (χ3v) is 4.28. The molecule has 7 nitrogen and oxygen atoms in total. The zero-order valence-corrected chi connectivity index (χ0v) is 14.7. The standard InChI is InChI=1S/C20H17N3O4/c1-22(26-12-14-7-3-2-4-8-14)17(24)11-23-13-21-18-15-9-5-6-10-16(15)27-19(18)20(23)25/h2-10,13H,11-12H2,1H3. The second-order valence-corrected chi connectivity index (χ2v) is 6.10. The number of aromatic nitrogens is 2. The Balaban J connectivity index is 1.52. The van der Waals surface area contributed by atoms with Gasteiger partial charge in [-0.2, -0.15) is 0 Å². The molecule has 0 saturated carbocycles. The molecule has 0 fully saturated rings. The van der Waals surface area contributed by atoms with Gasteiger partial charge in [-0.25, -0.2) is 10.0 Å². The van der Waals surface area contributed by atoms with Gasteiger partial charge in [-0.15, -0.1) is 0 Å². The molecule has 0 aliphatic rings. The van der Waals surface area contributed by atoms with Crippen molar-refractivity contribution in [1.29, 1.82) is 0 Å². The van der Waals surface area contributed by atoms with Crippen molar-refractivity contribution in [3.63, 3.8) is 0 Å². The van der Waals surface area contributed by atoms with Crippen LogP contribution in [-0.2, 0) is 22.8 Å². The van der Waals surface area contributed by atoms with E-state index < -0.39 is 5.56 Å². The largest absolute Gasteiger partial charge is 0.448 e. The molecule has 0 atom stereocenters. The smallest absolute Gasteiger partial charge is 0.297 e. The van der Waals surface area contributed by atoms with Crippen LogP contribution in [0, 0.1) is 0 Å². The topological polar surface area (TPSA) is 77.6 Å². The van der Waals surface area contributed by atoms with Crippen LogP contribution in [0.15, 0.2) is 70.1 Å². The lowest BCUT2D eigenvalue weighted by Gasteiger charge is -2.17. The minimum atomic E-state index is -0.402. The molecule has 0 unspecified atom stereocenters. The zero-order valence-electron chi connectivity index (χ0n) is 14.7. The third kappa shape index (κ3) is 3.32. The van der Waals surface area contributed by atoms with Gasteiger partial charge in [0, 0.05) is 12.4 Å². The van der Waals surface area contributed by atoms with Crippen LogP contribution in [0.3, 0.4) is 0 Å². The summed E-state index contributed by atoms with van der Waals surface area (Å²) in [5.41, 5.74) is 1.76. The molecule has 2 heterocycles. The summed E-state index contributed by atoms with van der Waals surface area (Å²) in [7, 11) is 1.52. The van der Waals surface area contributed by atoms with Gasteiger partial charge in [0.1, 0.15) is 24.3 Å². The molecule has 7 heteroatoms. The van der Waals surface area contributed by atoms with E-state index in [2.05, 4.69) is 4.98 Å². The Morgan fingerprint density at radius 3 is 2.70 bits per heavy atom. The maximum Gasteiger partial charge on any atom is 0.297 e. The van der Waals surface area contributed by atoms with Crippen molar-refractivity contribution in [2.45, 2.75) is 13.2 Å². The van der Waals surface area contributed by atoms with Gasteiger partial charge in [0.25, 0.3) is 11.5 Å². The first kappa shape index (κ1) is 17.0. The number of hydroxylamine groups is 2. The zero-order chi connectivity index (χ0) is 18.8. The molecule has 0 bridgehead atoms. The van der Waals surface area contributed by atoms with Gasteiger partial charge >= 0.3 is 0 Å². The van der Waals surface area contributed by atoms with Gasteiger partial charge < -0.3 is 4.42 Å². The van der Waals surface area contributed by atoms with E-state index in [9.17, 15) is 9.59 Å². The molecular formula is C20H17N3O4. The minimum Gasteiger partial charge on any atom is -0.448 e. The summed E-state index contributed by atoms with van der Waals surface area (Å²) in [4.78, 5) is 34.8. The van der Waals surface area contributed by atoms with E-state index in [-0.39, 0.29) is 24.6 Å². The number of likely N-dealkylation sites (N-methyl/N-ethyl adjacent to an activating group) is 1. The van der Waals surface area contributed by atoms with Crippen LogP contribution >= 0.6 is 0 Å². The lowest BCUT2D eigenvalue weighted by atomic mass is 10.2. The molecule has 0 saturated heterocycles. The molecule has 136 valence electrons. The average Bonchev–Trinajstić information content (AvgIpc) is 3.08. The first-order chi connectivity index (χ1) is 13.1. The lowest BCUT2D eigenvalue weighted by Crippen LogP contribution is -2.34. The normalized spacial score (nSPS) is 11.1. The van der Waals surface area contributed by atoms with Crippen LogP contribution in [0.4, 0.5) is 0 Å². The van der Waals surface area contributed by atoms with Crippen LogP contribution in [-0.4, -0.2) is 27.6 Å². The van der Waals surface area contributed by atoms with Crippen molar-refractivity contribution in [1.82, 2.24) is 14.6 Å². The molecule has 1 amide bonds. The maximum absolute atomic E-state index is 12.7. The van der Waals surface area contributed by atoms with Gasteiger partial charge in [0.15, 0.2) is 0 Å². The number of benzene rings is 2. The van der Waals surface area contributed by atoms with Gasteiger partial charge in [-0.05, 0) is 17.7 Å². The van der Waals surface area contributed by atoms with Crippen LogP contribution in [0.5, 0.6) is 0 Å². The number of carbonyl (C=O) groups excluding carboxylic acids is 1. The molecule has 2 aromatic heterocycles. The molecule has 0 radical (unpaired) electrons. The van der Waals surface area contributed by atoms with Crippen molar-refractivity contribution >= 4 is 28.0 Å². The summed E-state index contributed by atoms with van der Waals surface area (Å²) >= 11 is 0. The van der Waals surface area contributed by atoms with Crippen LogP contribution in [0.25, 0.3) is 22.1 Å². The Kier molecular flexibility index (Phi) is 4.43. The predicted molar refractivity (Wildman–Crippen MR) is 99.8 cm³/mol. The second kappa shape index (κ2) is 7.05. The van der Waals surface area contributed by atoms with Crippen LogP contribution < -0.4 is 5.56 Å². The van der Waals surface area contributed by atoms with E-state index in [0.717, 1.165) is 16.0 Å². The minimum absolute atomic E-state index is 0.138. The number of hydrogen-bond donors (Lipinski definition) is 0. The van der Waals surface area contributed by atoms with Crippen molar-refractivity contribution in [3.05, 3.63) is 76.8 Å². The highest BCUT2D eigenvalue weighted by atomic mass is 16.7. The second-order valence-electron chi connectivity index (χ2n) is 6.10. The highest BCUT2D eigenvalue weighted by molar-refractivity contribution is 6.01. The van der Waals surface area contributed by atoms with Gasteiger partial charge in [0.2, 0.25) is 5.58 Å². The summed E-state index contributed by atoms with van der Waals surface area (Å²) in [6, 6.07) is 16.8. The Labute approximate surface area is 154 Å². The Morgan fingerprint density at radius 1 is 1.15 bits per heavy atom. The van der Waals surface area contributed by atoms with Gasteiger partial charge in [-0.3, -0.25) is 19.0 Å². The summed E-state index contributed by atoms with van der Waals surface area (Å²) in [5.74, 6) is -0.370. The van der Waals surface area contributed by atoms with Crippen molar-refractivity contribution in [2.24, 2.45) is 0 Å². The highest BCUT2D eigenvalue weighted by Crippen LogP contribution is 2.23. The molecule has 0 N–H and O–H groups in total. The number of carbonyl (C=O) groups is 1. The van der Waals surface area contributed by atoms with E-state index in [1.165, 1.54) is 17.9 Å². The monoisotopic (exact) mass is 363 g/mol. The van der Waals surface area contributed by atoms with Crippen molar-refractivity contribution in [3.8, 4) is 0 Å². The molecule has 0 aliphatic heterocycles. The molecular weight excluding hydrogens is 346 g/mol. The number of para-hydroxylation sites is 1. The number of nitrogens with zero attached hydrogens (tertiary/aromatic N) is 3. The third-order valence-electron chi connectivity index (χ3n) is 4.28. The van der Waals surface area contributed by atoms with E-state index in [1.807, 2.05) is 48.5 Å². The van der Waals surface area contributed by atoms with E-state index in [1.54, 1.807) is 6.07 Å². The Bertz CT molecular complexity index is 1160. The first-order valence-electron chi connectivity index (χ1n) is 8.43. The molecule has 2 aromatic carbocycles. The lowest BCUT2D eigenvalue weighted by molar-refractivity contribution is -0.183. The van der Waals surface area contributed by atoms with Crippen molar-refractivity contribution in [2.75, 3.05) is 7.05 Å². The number of amides is 1. The molecule has 4 aromatic rings. The SMILES string of the molecule is CN(OCc1ccccc1)C(=O)Cn1cnc2c(oc3ccccc32)c1=O. The van der Waals surface area contributed by atoms with E-state index in [4.69, 9.17) is 9.25 Å². The Morgan fingerprint density at radius 2 is 1.89 bits per heavy atom. The van der Waals surface area contributed by atoms with Gasteiger partial charge in [0.05, 0.1) is 6.33 Å². The average molecular weight is 363 g/mol. The molecule has 4 rings (SSSR count). The number of fused-ring (bicyclic) bond motifs is 3. The highest BCUT2D eigenvalue weighted by Gasteiger charge is 2.16.